The summed E-state index contributed by atoms with van der Waals surface area (Å²) in [5.74, 6) is 3.68. The van der Waals surface area contributed by atoms with E-state index in [1.54, 1.807) is 6.26 Å². The van der Waals surface area contributed by atoms with Crippen molar-refractivity contribution < 1.29 is 9.15 Å². The van der Waals surface area contributed by atoms with Crippen LogP contribution in [0, 0.1) is 6.92 Å². The molecular weight excluding hydrogens is 352 g/mol. The third-order valence-corrected chi connectivity index (χ3v) is 3.97. The number of para-hydroxylation sites is 1. The summed E-state index contributed by atoms with van der Waals surface area (Å²) in [5.41, 5.74) is 1.74. The van der Waals surface area contributed by atoms with Crippen LogP contribution in [0.15, 0.2) is 83.5 Å². The van der Waals surface area contributed by atoms with Gasteiger partial charge in [0.15, 0.2) is 0 Å². The number of rotatable bonds is 7. The van der Waals surface area contributed by atoms with Gasteiger partial charge >= 0.3 is 0 Å². The van der Waals surface area contributed by atoms with Crippen LogP contribution in [0.4, 0.5) is 17.5 Å². The molecule has 6 heteroatoms. The second-order valence-corrected chi connectivity index (χ2v) is 6.22. The van der Waals surface area contributed by atoms with Crippen LogP contribution >= 0.6 is 0 Å². The van der Waals surface area contributed by atoms with E-state index in [0.717, 1.165) is 34.5 Å². The fourth-order valence-electron chi connectivity index (χ4n) is 2.67. The standard InChI is InChI=1S/C22H20N4O2/c1-16-14-21(23-15-20-8-5-13-27-20)26-22(24-16)25-17-9-11-19(12-10-17)28-18-6-3-2-4-7-18/h2-14H,15H2,1H3,(H2,23,24,25,26). The van der Waals surface area contributed by atoms with Gasteiger partial charge in [0.1, 0.15) is 23.1 Å². The number of aryl methyl sites for hydroxylation is 1. The second kappa shape index (κ2) is 8.26. The molecule has 2 aromatic heterocycles. The summed E-state index contributed by atoms with van der Waals surface area (Å²) < 4.78 is 11.1. The van der Waals surface area contributed by atoms with Crippen LogP contribution in [-0.2, 0) is 6.54 Å². The molecule has 0 aliphatic heterocycles. The lowest BCUT2D eigenvalue weighted by atomic mass is 10.3. The van der Waals surface area contributed by atoms with Gasteiger partial charge in [-0.1, -0.05) is 18.2 Å². The second-order valence-electron chi connectivity index (χ2n) is 6.22. The summed E-state index contributed by atoms with van der Waals surface area (Å²) in [4.78, 5) is 8.96. The number of nitrogens with zero attached hydrogens (tertiary/aromatic N) is 2. The minimum absolute atomic E-state index is 0.527. The number of nitrogens with one attached hydrogen (secondary N) is 2. The van der Waals surface area contributed by atoms with Crippen molar-refractivity contribution in [1.82, 2.24) is 9.97 Å². The van der Waals surface area contributed by atoms with Crippen LogP contribution in [-0.4, -0.2) is 9.97 Å². The van der Waals surface area contributed by atoms with Crippen molar-refractivity contribution in [3.63, 3.8) is 0 Å². The lowest BCUT2D eigenvalue weighted by Crippen LogP contribution is -2.05. The topological polar surface area (TPSA) is 72.2 Å². The maximum absolute atomic E-state index is 5.81. The molecule has 0 aliphatic rings. The fraction of sp³-hybridized carbons (Fsp3) is 0.0909. The Bertz CT molecular complexity index is 1020. The van der Waals surface area contributed by atoms with Gasteiger partial charge in [0, 0.05) is 17.4 Å². The van der Waals surface area contributed by atoms with Gasteiger partial charge in [0.05, 0.1) is 12.8 Å². The highest BCUT2D eigenvalue weighted by atomic mass is 16.5. The number of ether oxygens (including phenoxy) is 1. The van der Waals surface area contributed by atoms with Crippen molar-refractivity contribution in [2.75, 3.05) is 10.6 Å². The predicted octanol–water partition coefficient (Wildman–Crippen LogP) is 5.53. The van der Waals surface area contributed by atoms with Gasteiger partial charge in [-0.15, -0.1) is 0 Å². The van der Waals surface area contributed by atoms with Gasteiger partial charge in [-0.05, 0) is 55.5 Å². The molecule has 0 amide bonds. The van der Waals surface area contributed by atoms with E-state index in [-0.39, 0.29) is 0 Å². The van der Waals surface area contributed by atoms with Crippen LogP contribution < -0.4 is 15.4 Å². The van der Waals surface area contributed by atoms with Crippen molar-refractivity contribution >= 4 is 17.5 Å². The first-order chi connectivity index (χ1) is 13.7. The quantitative estimate of drug-likeness (QED) is 0.445. The average Bonchev–Trinajstić information content (AvgIpc) is 3.22. The lowest BCUT2D eigenvalue weighted by Gasteiger charge is -2.10. The third-order valence-electron chi connectivity index (χ3n) is 3.97. The van der Waals surface area contributed by atoms with Crippen molar-refractivity contribution in [2.45, 2.75) is 13.5 Å². The molecule has 0 aliphatic carbocycles. The Kier molecular flexibility index (Phi) is 5.20. The number of anilines is 3. The molecule has 28 heavy (non-hydrogen) atoms. The molecule has 0 unspecified atom stereocenters. The zero-order valence-electron chi connectivity index (χ0n) is 15.4. The third kappa shape index (κ3) is 4.67. The molecule has 2 heterocycles. The zero-order chi connectivity index (χ0) is 19.2. The molecule has 0 fully saturated rings. The molecule has 0 saturated heterocycles. The van der Waals surface area contributed by atoms with E-state index in [2.05, 4.69) is 20.6 Å². The van der Waals surface area contributed by atoms with Gasteiger partial charge in [-0.25, -0.2) is 4.98 Å². The van der Waals surface area contributed by atoms with E-state index in [1.165, 1.54) is 0 Å². The SMILES string of the molecule is Cc1cc(NCc2ccco2)nc(Nc2ccc(Oc3ccccc3)cc2)n1. The minimum atomic E-state index is 0.527. The van der Waals surface area contributed by atoms with E-state index < -0.39 is 0 Å². The van der Waals surface area contributed by atoms with E-state index >= 15 is 0 Å². The van der Waals surface area contributed by atoms with Crippen molar-refractivity contribution in [3.05, 3.63) is 90.5 Å². The van der Waals surface area contributed by atoms with E-state index in [1.807, 2.05) is 79.7 Å². The van der Waals surface area contributed by atoms with Crippen molar-refractivity contribution in [1.29, 1.82) is 0 Å². The van der Waals surface area contributed by atoms with E-state index in [9.17, 15) is 0 Å². The van der Waals surface area contributed by atoms with Gasteiger partial charge in [-0.3, -0.25) is 0 Å². The number of hydrogen-bond acceptors (Lipinski definition) is 6. The first-order valence-electron chi connectivity index (χ1n) is 8.96. The lowest BCUT2D eigenvalue weighted by molar-refractivity contribution is 0.483. The van der Waals surface area contributed by atoms with E-state index in [0.29, 0.717) is 12.5 Å². The highest BCUT2D eigenvalue weighted by Gasteiger charge is 2.05. The summed E-state index contributed by atoms with van der Waals surface area (Å²) in [6.45, 7) is 2.50. The molecule has 0 radical (unpaired) electrons. The maximum Gasteiger partial charge on any atom is 0.229 e. The number of hydrogen-bond donors (Lipinski definition) is 2. The molecule has 4 rings (SSSR count). The molecule has 0 saturated carbocycles. The summed E-state index contributed by atoms with van der Waals surface area (Å²) in [7, 11) is 0. The Labute approximate surface area is 163 Å². The smallest absolute Gasteiger partial charge is 0.229 e. The maximum atomic E-state index is 5.81. The zero-order valence-corrected chi connectivity index (χ0v) is 15.4. The first-order valence-corrected chi connectivity index (χ1v) is 8.96. The van der Waals surface area contributed by atoms with Crippen LogP contribution in [0.1, 0.15) is 11.5 Å². The van der Waals surface area contributed by atoms with E-state index in [4.69, 9.17) is 9.15 Å². The molecular formula is C22H20N4O2. The van der Waals surface area contributed by atoms with Gasteiger partial charge in [0.25, 0.3) is 0 Å². The molecule has 2 aromatic carbocycles. The molecule has 140 valence electrons. The molecule has 2 N–H and O–H groups in total. The van der Waals surface area contributed by atoms with Crippen LogP contribution in [0.5, 0.6) is 11.5 Å². The average molecular weight is 372 g/mol. The summed E-state index contributed by atoms with van der Waals surface area (Å²) in [6.07, 6.45) is 1.65. The molecule has 0 bridgehead atoms. The van der Waals surface area contributed by atoms with Crippen LogP contribution in [0.25, 0.3) is 0 Å². The molecule has 4 aromatic rings. The largest absolute Gasteiger partial charge is 0.467 e. The Morgan fingerprint density at radius 1 is 0.893 bits per heavy atom. The Balaban J connectivity index is 1.41. The number of benzene rings is 2. The van der Waals surface area contributed by atoms with Crippen molar-refractivity contribution in [2.24, 2.45) is 0 Å². The van der Waals surface area contributed by atoms with Gasteiger partial charge in [-0.2, -0.15) is 4.98 Å². The van der Waals surface area contributed by atoms with Gasteiger partial charge < -0.3 is 19.8 Å². The highest BCUT2D eigenvalue weighted by Crippen LogP contribution is 2.24. The summed E-state index contributed by atoms with van der Waals surface area (Å²) >= 11 is 0. The molecule has 0 spiro atoms. The molecule has 6 nitrogen and oxygen atoms in total. The van der Waals surface area contributed by atoms with Crippen LogP contribution in [0.3, 0.4) is 0 Å². The fourth-order valence-corrected chi connectivity index (χ4v) is 2.67. The van der Waals surface area contributed by atoms with Gasteiger partial charge in [0.2, 0.25) is 5.95 Å². The van der Waals surface area contributed by atoms with Crippen LogP contribution in [0.2, 0.25) is 0 Å². The molecule has 0 atom stereocenters. The first kappa shape index (κ1) is 17.6. The Hall–Kier alpha value is -3.80. The number of furan rings is 1. The van der Waals surface area contributed by atoms with Crippen molar-refractivity contribution in [3.8, 4) is 11.5 Å². The Morgan fingerprint density at radius 2 is 1.68 bits per heavy atom. The summed E-state index contributed by atoms with van der Waals surface area (Å²) in [6, 6.07) is 23.0. The highest BCUT2D eigenvalue weighted by molar-refractivity contribution is 5.56. The normalized spacial score (nSPS) is 10.5. The Morgan fingerprint density at radius 3 is 2.43 bits per heavy atom. The number of aromatic nitrogens is 2. The summed E-state index contributed by atoms with van der Waals surface area (Å²) in [5, 5.41) is 6.47. The monoisotopic (exact) mass is 372 g/mol. The minimum Gasteiger partial charge on any atom is -0.467 e. The predicted molar refractivity (Wildman–Crippen MR) is 109 cm³/mol.